The second-order valence-corrected chi connectivity index (χ2v) is 7.29. The number of hydrogen-bond donors (Lipinski definition) is 0. The standard InChI is InChI=1S/C21H16ClN3O4/c1-23-15-10-25(14-7-8-16-17(9-14)29-11-28-16)19(12-3-5-13(22)6-4-12)18(15)20(26)24(2)21(23)27/h3-10H,11H2,1-2H3. The Morgan fingerprint density at radius 2 is 1.66 bits per heavy atom. The highest BCUT2D eigenvalue weighted by molar-refractivity contribution is 6.30. The summed E-state index contributed by atoms with van der Waals surface area (Å²) in [6.45, 7) is 0.172. The Kier molecular flexibility index (Phi) is 3.82. The van der Waals surface area contributed by atoms with Crippen molar-refractivity contribution >= 4 is 22.5 Å². The van der Waals surface area contributed by atoms with E-state index in [1.807, 2.05) is 34.9 Å². The molecule has 0 unspecified atom stereocenters. The molecular formula is C21H16ClN3O4. The fourth-order valence-electron chi connectivity index (χ4n) is 3.67. The van der Waals surface area contributed by atoms with Crippen molar-refractivity contribution in [3.8, 4) is 28.4 Å². The molecule has 4 aromatic rings. The predicted molar refractivity (Wildman–Crippen MR) is 110 cm³/mol. The van der Waals surface area contributed by atoms with E-state index in [9.17, 15) is 9.59 Å². The van der Waals surface area contributed by atoms with Gasteiger partial charge in [0, 0.05) is 37.1 Å². The highest BCUT2D eigenvalue weighted by atomic mass is 35.5. The third-order valence-electron chi connectivity index (χ3n) is 5.19. The minimum absolute atomic E-state index is 0.172. The van der Waals surface area contributed by atoms with Gasteiger partial charge in [-0.15, -0.1) is 0 Å². The van der Waals surface area contributed by atoms with Gasteiger partial charge in [-0.25, -0.2) is 4.79 Å². The maximum absolute atomic E-state index is 13.1. The molecule has 0 radical (unpaired) electrons. The minimum Gasteiger partial charge on any atom is -0.454 e. The zero-order chi connectivity index (χ0) is 20.3. The summed E-state index contributed by atoms with van der Waals surface area (Å²) in [5.74, 6) is 1.30. The molecule has 1 aliphatic heterocycles. The number of aryl methyl sites for hydroxylation is 1. The Hall–Kier alpha value is -3.45. The first-order valence-electron chi connectivity index (χ1n) is 8.93. The molecule has 0 atom stereocenters. The molecule has 2 aromatic carbocycles. The maximum atomic E-state index is 13.1. The lowest BCUT2D eigenvalue weighted by Crippen LogP contribution is -2.36. The van der Waals surface area contributed by atoms with Gasteiger partial charge in [0.2, 0.25) is 6.79 Å². The summed E-state index contributed by atoms with van der Waals surface area (Å²) in [5.41, 5.74) is 2.07. The minimum atomic E-state index is -0.381. The number of fused-ring (bicyclic) bond motifs is 2. The van der Waals surface area contributed by atoms with Crippen LogP contribution in [-0.4, -0.2) is 20.5 Å². The van der Waals surface area contributed by atoms with E-state index >= 15 is 0 Å². The van der Waals surface area contributed by atoms with Gasteiger partial charge in [-0.3, -0.25) is 13.9 Å². The Bertz CT molecular complexity index is 1400. The first-order chi connectivity index (χ1) is 14.0. The summed E-state index contributed by atoms with van der Waals surface area (Å²) in [4.78, 5) is 25.5. The fraction of sp³-hybridized carbons (Fsp3) is 0.143. The summed E-state index contributed by atoms with van der Waals surface area (Å²) >= 11 is 6.07. The molecule has 146 valence electrons. The first-order valence-corrected chi connectivity index (χ1v) is 9.30. The van der Waals surface area contributed by atoms with E-state index in [0.29, 0.717) is 33.1 Å². The van der Waals surface area contributed by atoms with Crippen LogP contribution in [0.25, 0.3) is 27.8 Å². The van der Waals surface area contributed by atoms with Gasteiger partial charge < -0.3 is 14.0 Å². The molecule has 0 bridgehead atoms. The van der Waals surface area contributed by atoms with Crippen LogP contribution in [0.1, 0.15) is 0 Å². The third-order valence-corrected chi connectivity index (χ3v) is 5.44. The zero-order valence-corrected chi connectivity index (χ0v) is 16.4. The summed E-state index contributed by atoms with van der Waals surface area (Å²) < 4.78 is 15.4. The highest BCUT2D eigenvalue weighted by Gasteiger charge is 2.22. The normalized spacial score (nSPS) is 12.7. The average Bonchev–Trinajstić information content (AvgIpc) is 3.35. The van der Waals surface area contributed by atoms with E-state index in [-0.39, 0.29) is 18.0 Å². The van der Waals surface area contributed by atoms with Gasteiger partial charge in [0.15, 0.2) is 11.5 Å². The quantitative estimate of drug-likeness (QED) is 0.510. The number of aromatic nitrogens is 3. The molecule has 7 nitrogen and oxygen atoms in total. The van der Waals surface area contributed by atoms with Crippen LogP contribution in [0.3, 0.4) is 0 Å². The molecule has 3 heterocycles. The second-order valence-electron chi connectivity index (χ2n) is 6.86. The van der Waals surface area contributed by atoms with Crippen molar-refractivity contribution in [1.82, 2.24) is 13.7 Å². The first kappa shape index (κ1) is 17.6. The number of benzene rings is 2. The van der Waals surface area contributed by atoms with Crippen LogP contribution in [-0.2, 0) is 14.1 Å². The van der Waals surface area contributed by atoms with Crippen LogP contribution in [0.4, 0.5) is 0 Å². The van der Waals surface area contributed by atoms with E-state index in [2.05, 4.69) is 0 Å². The summed E-state index contributed by atoms with van der Waals surface area (Å²) in [5, 5.41) is 1.05. The van der Waals surface area contributed by atoms with E-state index < -0.39 is 0 Å². The van der Waals surface area contributed by atoms with Crippen LogP contribution < -0.4 is 20.7 Å². The molecule has 0 spiro atoms. The molecule has 0 saturated heterocycles. The van der Waals surface area contributed by atoms with E-state index in [4.69, 9.17) is 21.1 Å². The van der Waals surface area contributed by atoms with Crippen molar-refractivity contribution < 1.29 is 9.47 Å². The van der Waals surface area contributed by atoms with Gasteiger partial charge in [-0.2, -0.15) is 0 Å². The highest BCUT2D eigenvalue weighted by Crippen LogP contribution is 2.37. The molecule has 0 saturated carbocycles. The zero-order valence-electron chi connectivity index (χ0n) is 15.7. The van der Waals surface area contributed by atoms with Gasteiger partial charge in [0.1, 0.15) is 0 Å². The fourth-order valence-corrected chi connectivity index (χ4v) is 3.80. The van der Waals surface area contributed by atoms with Crippen molar-refractivity contribution in [1.29, 1.82) is 0 Å². The predicted octanol–water partition coefficient (Wildman–Crippen LogP) is 3.08. The molecule has 0 N–H and O–H groups in total. The van der Waals surface area contributed by atoms with E-state index in [1.54, 1.807) is 25.4 Å². The lowest BCUT2D eigenvalue weighted by molar-refractivity contribution is 0.174. The molecule has 2 aromatic heterocycles. The lowest BCUT2D eigenvalue weighted by atomic mass is 10.1. The topological polar surface area (TPSA) is 67.4 Å². The molecule has 29 heavy (non-hydrogen) atoms. The van der Waals surface area contributed by atoms with Crippen molar-refractivity contribution in [2.24, 2.45) is 14.1 Å². The van der Waals surface area contributed by atoms with Crippen LogP contribution in [0.5, 0.6) is 11.5 Å². The molecule has 5 rings (SSSR count). The number of ether oxygens (including phenoxy) is 2. The van der Waals surface area contributed by atoms with Crippen molar-refractivity contribution in [2.75, 3.05) is 6.79 Å². The van der Waals surface area contributed by atoms with Gasteiger partial charge in [-0.05, 0) is 29.8 Å². The Morgan fingerprint density at radius 3 is 2.41 bits per heavy atom. The van der Waals surface area contributed by atoms with Gasteiger partial charge in [0.05, 0.1) is 16.6 Å². The van der Waals surface area contributed by atoms with Crippen LogP contribution in [0.15, 0.2) is 58.3 Å². The molecular weight excluding hydrogens is 394 g/mol. The smallest absolute Gasteiger partial charge is 0.330 e. The Balaban J connectivity index is 1.91. The maximum Gasteiger partial charge on any atom is 0.330 e. The summed E-state index contributed by atoms with van der Waals surface area (Å²) in [7, 11) is 3.13. The monoisotopic (exact) mass is 409 g/mol. The molecule has 0 aliphatic carbocycles. The van der Waals surface area contributed by atoms with E-state index in [1.165, 1.54) is 11.6 Å². The van der Waals surface area contributed by atoms with Crippen molar-refractivity contribution in [2.45, 2.75) is 0 Å². The van der Waals surface area contributed by atoms with Crippen molar-refractivity contribution in [3.05, 3.63) is 74.5 Å². The largest absolute Gasteiger partial charge is 0.454 e. The number of halogens is 1. The van der Waals surface area contributed by atoms with Crippen LogP contribution >= 0.6 is 11.6 Å². The lowest BCUT2D eigenvalue weighted by Gasteiger charge is -2.11. The molecule has 8 heteroatoms. The van der Waals surface area contributed by atoms with Gasteiger partial charge in [-0.1, -0.05) is 23.7 Å². The molecule has 1 aliphatic rings. The SMILES string of the molecule is Cn1c(=O)c2c(-c3ccc(Cl)cc3)n(-c3ccc4c(c3)OCO4)cc2n(C)c1=O. The Labute approximate surface area is 169 Å². The average molecular weight is 410 g/mol. The Morgan fingerprint density at radius 1 is 0.931 bits per heavy atom. The second kappa shape index (κ2) is 6.28. The van der Waals surface area contributed by atoms with Crippen LogP contribution in [0.2, 0.25) is 5.02 Å². The van der Waals surface area contributed by atoms with Crippen molar-refractivity contribution in [3.63, 3.8) is 0 Å². The van der Waals surface area contributed by atoms with Crippen LogP contribution in [0, 0.1) is 0 Å². The summed E-state index contributed by atoms with van der Waals surface area (Å²) in [6, 6.07) is 12.8. The summed E-state index contributed by atoms with van der Waals surface area (Å²) in [6.07, 6.45) is 1.79. The third kappa shape index (κ3) is 2.58. The number of hydrogen-bond acceptors (Lipinski definition) is 4. The number of nitrogens with zero attached hydrogens (tertiary/aromatic N) is 3. The molecule has 0 fully saturated rings. The van der Waals surface area contributed by atoms with Gasteiger partial charge >= 0.3 is 5.69 Å². The van der Waals surface area contributed by atoms with E-state index in [0.717, 1.165) is 15.8 Å². The number of rotatable bonds is 2. The van der Waals surface area contributed by atoms with Gasteiger partial charge in [0.25, 0.3) is 5.56 Å². The molecule has 0 amide bonds.